The minimum absolute atomic E-state index is 0.400. The Morgan fingerprint density at radius 2 is 1.17 bits per heavy atom. The molecule has 0 aliphatic carbocycles. The van der Waals surface area contributed by atoms with Crippen molar-refractivity contribution in [2.75, 3.05) is 13.1 Å². The molecule has 0 aromatic heterocycles. The summed E-state index contributed by atoms with van der Waals surface area (Å²) in [5.74, 6) is 0. The molecule has 0 amide bonds. The average Bonchev–Trinajstić information content (AvgIpc) is 2.33. The molecule has 0 radical (unpaired) electrons. The van der Waals surface area contributed by atoms with Crippen LogP contribution in [0.25, 0.3) is 0 Å². The standard InChI is InChI=1S/C17H37N/c1-6-9-10-11-12-13-14-17(4,5)18(15-7-2)16-8-3/h6-16H2,1-5H3. The summed E-state index contributed by atoms with van der Waals surface area (Å²) in [5.41, 5.74) is 0.400. The van der Waals surface area contributed by atoms with Crippen molar-refractivity contribution in [1.82, 2.24) is 4.90 Å². The molecule has 0 spiro atoms. The number of unbranched alkanes of at least 4 members (excludes halogenated alkanes) is 5. The lowest BCUT2D eigenvalue weighted by Crippen LogP contribution is -2.44. The monoisotopic (exact) mass is 255 g/mol. The highest BCUT2D eigenvalue weighted by Gasteiger charge is 2.24. The van der Waals surface area contributed by atoms with Gasteiger partial charge in [-0.05, 0) is 46.2 Å². The molecule has 0 aliphatic heterocycles. The summed E-state index contributed by atoms with van der Waals surface area (Å²) in [7, 11) is 0. The first-order chi connectivity index (χ1) is 8.58. The van der Waals surface area contributed by atoms with E-state index >= 15 is 0 Å². The normalized spacial score (nSPS) is 12.3. The van der Waals surface area contributed by atoms with E-state index in [1.807, 2.05) is 0 Å². The molecule has 0 rings (SSSR count). The predicted octanol–water partition coefficient (Wildman–Crippen LogP) is 5.64. The summed E-state index contributed by atoms with van der Waals surface area (Å²) in [5, 5.41) is 0. The third kappa shape index (κ3) is 8.13. The van der Waals surface area contributed by atoms with Crippen LogP contribution in [0.15, 0.2) is 0 Å². The summed E-state index contributed by atoms with van der Waals surface area (Å²) in [6, 6.07) is 0. The lowest BCUT2D eigenvalue weighted by Gasteiger charge is -2.38. The maximum atomic E-state index is 2.69. The van der Waals surface area contributed by atoms with Crippen molar-refractivity contribution in [2.24, 2.45) is 0 Å². The van der Waals surface area contributed by atoms with Gasteiger partial charge in [0.2, 0.25) is 0 Å². The molecule has 0 saturated carbocycles. The number of hydrogen-bond donors (Lipinski definition) is 0. The summed E-state index contributed by atoms with van der Waals surface area (Å²) in [6.45, 7) is 14.3. The first kappa shape index (κ1) is 18.0. The zero-order valence-corrected chi connectivity index (χ0v) is 13.7. The number of nitrogens with zero attached hydrogens (tertiary/aromatic N) is 1. The van der Waals surface area contributed by atoms with E-state index in [0.717, 1.165) is 0 Å². The van der Waals surface area contributed by atoms with Gasteiger partial charge in [-0.25, -0.2) is 0 Å². The molecule has 110 valence electrons. The van der Waals surface area contributed by atoms with Crippen LogP contribution in [-0.4, -0.2) is 23.5 Å². The van der Waals surface area contributed by atoms with E-state index in [0.29, 0.717) is 5.54 Å². The Balaban J connectivity index is 3.87. The van der Waals surface area contributed by atoms with Crippen molar-refractivity contribution in [1.29, 1.82) is 0 Å². The lowest BCUT2D eigenvalue weighted by atomic mass is 9.93. The fourth-order valence-electron chi connectivity index (χ4n) is 2.75. The van der Waals surface area contributed by atoms with Crippen molar-refractivity contribution in [3.63, 3.8) is 0 Å². The molecule has 0 N–H and O–H groups in total. The molecular weight excluding hydrogens is 218 g/mol. The molecule has 0 bridgehead atoms. The Morgan fingerprint density at radius 1 is 0.667 bits per heavy atom. The van der Waals surface area contributed by atoms with Crippen molar-refractivity contribution in [2.45, 2.75) is 97.9 Å². The van der Waals surface area contributed by atoms with Crippen LogP contribution in [0.2, 0.25) is 0 Å². The molecule has 0 heterocycles. The highest BCUT2D eigenvalue weighted by Crippen LogP contribution is 2.23. The fourth-order valence-corrected chi connectivity index (χ4v) is 2.75. The van der Waals surface area contributed by atoms with E-state index in [1.54, 1.807) is 0 Å². The van der Waals surface area contributed by atoms with Gasteiger partial charge in [-0.1, -0.05) is 59.3 Å². The molecule has 1 nitrogen and oxygen atoms in total. The van der Waals surface area contributed by atoms with E-state index in [4.69, 9.17) is 0 Å². The highest BCUT2D eigenvalue weighted by atomic mass is 15.2. The summed E-state index contributed by atoms with van der Waals surface area (Å²) in [6.07, 6.45) is 12.4. The van der Waals surface area contributed by atoms with Crippen molar-refractivity contribution < 1.29 is 0 Å². The van der Waals surface area contributed by atoms with Gasteiger partial charge in [0.05, 0.1) is 0 Å². The van der Waals surface area contributed by atoms with Gasteiger partial charge in [0, 0.05) is 5.54 Å². The van der Waals surface area contributed by atoms with Gasteiger partial charge in [-0.15, -0.1) is 0 Å². The Bertz CT molecular complexity index is 168. The van der Waals surface area contributed by atoms with E-state index < -0.39 is 0 Å². The van der Waals surface area contributed by atoms with Crippen LogP contribution in [0, 0.1) is 0 Å². The van der Waals surface area contributed by atoms with Gasteiger partial charge >= 0.3 is 0 Å². The topological polar surface area (TPSA) is 3.24 Å². The molecule has 0 aromatic rings. The first-order valence-corrected chi connectivity index (χ1v) is 8.33. The molecule has 0 unspecified atom stereocenters. The van der Waals surface area contributed by atoms with Crippen LogP contribution in [0.4, 0.5) is 0 Å². The van der Waals surface area contributed by atoms with Gasteiger partial charge in [-0.2, -0.15) is 0 Å². The van der Waals surface area contributed by atoms with E-state index in [-0.39, 0.29) is 0 Å². The van der Waals surface area contributed by atoms with Crippen LogP contribution < -0.4 is 0 Å². The molecule has 0 aliphatic rings. The van der Waals surface area contributed by atoms with Gasteiger partial charge in [-0.3, -0.25) is 4.90 Å². The van der Waals surface area contributed by atoms with Crippen molar-refractivity contribution >= 4 is 0 Å². The molecule has 0 atom stereocenters. The summed E-state index contributed by atoms with van der Waals surface area (Å²) < 4.78 is 0. The Morgan fingerprint density at radius 3 is 1.67 bits per heavy atom. The summed E-state index contributed by atoms with van der Waals surface area (Å²) in [4.78, 5) is 2.69. The molecule has 1 heteroatoms. The maximum absolute atomic E-state index is 2.69. The quantitative estimate of drug-likeness (QED) is 0.408. The van der Waals surface area contributed by atoms with Crippen LogP contribution in [0.3, 0.4) is 0 Å². The molecule has 0 saturated heterocycles. The summed E-state index contributed by atoms with van der Waals surface area (Å²) >= 11 is 0. The van der Waals surface area contributed by atoms with Gasteiger partial charge in [0.15, 0.2) is 0 Å². The zero-order valence-electron chi connectivity index (χ0n) is 13.7. The second-order valence-electron chi connectivity index (χ2n) is 6.32. The van der Waals surface area contributed by atoms with Crippen molar-refractivity contribution in [3.8, 4) is 0 Å². The molecular formula is C17H37N. The minimum atomic E-state index is 0.400. The third-order valence-corrected chi connectivity index (χ3v) is 3.99. The average molecular weight is 255 g/mol. The van der Waals surface area contributed by atoms with Gasteiger partial charge < -0.3 is 0 Å². The van der Waals surface area contributed by atoms with E-state index in [9.17, 15) is 0 Å². The SMILES string of the molecule is CCCCCCCCC(C)(C)N(CCC)CCC. The van der Waals surface area contributed by atoms with Crippen LogP contribution >= 0.6 is 0 Å². The van der Waals surface area contributed by atoms with Crippen LogP contribution in [0.1, 0.15) is 92.4 Å². The number of rotatable bonds is 12. The van der Waals surface area contributed by atoms with Gasteiger partial charge in [0.25, 0.3) is 0 Å². The predicted molar refractivity (Wildman–Crippen MR) is 84.2 cm³/mol. The number of hydrogen-bond acceptors (Lipinski definition) is 1. The second-order valence-corrected chi connectivity index (χ2v) is 6.32. The Labute approximate surface area is 116 Å². The fraction of sp³-hybridized carbons (Fsp3) is 1.00. The van der Waals surface area contributed by atoms with Crippen molar-refractivity contribution in [3.05, 3.63) is 0 Å². The zero-order chi connectivity index (χ0) is 13.9. The Hall–Kier alpha value is -0.0400. The largest absolute Gasteiger partial charge is 0.298 e. The highest BCUT2D eigenvalue weighted by molar-refractivity contribution is 4.81. The third-order valence-electron chi connectivity index (χ3n) is 3.99. The second kappa shape index (κ2) is 10.8. The molecule has 0 aromatic carbocycles. The first-order valence-electron chi connectivity index (χ1n) is 8.33. The van der Waals surface area contributed by atoms with E-state index in [2.05, 4.69) is 39.5 Å². The maximum Gasteiger partial charge on any atom is 0.0153 e. The van der Waals surface area contributed by atoms with Gasteiger partial charge in [0.1, 0.15) is 0 Å². The van der Waals surface area contributed by atoms with Crippen LogP contribution in [-0.2, 0) is 0 Å². The smallest absolute Gasteiger partial charge is 0.0153 e. The van der Waals surface area contributed by atoms with E-state index in [1.165, 1.54) is 70.9 Å². The molecule has 0 fully saturated rings. The minimum Gasteiger partial charge on any atom is -0.298 e. The Kier molecular flexibility index (Phi) is 10.8. The molecule has 18 heavy (non-hydrogen) atoms. The lowest BCUT2D eigenvalue weighted by molar-refractivity contribution is 0.108. The van der Waals surface area contributed by atoms with Crippen LogP contribution in [0.5, 0.6) is 0 Å².